The molecule has 0 amide bonds. The van der Waals surface area contributed by atoms with E-state index in [0.29, 0.717) is 36.1 Å². The Bertz CT molecular complexity index is 832. The third-order valence-electron chi connectivity index (χ3n) is 4.16. The minimum Gasteiger partial charge on any atom is -0.463 e. The molecular formula is C21H28F3N3O3. The van der Waals surface area contributed by atoms with Crippen molar-refractivity contribution in [3.05, 3.63) is 59.0 Å². The Kier molecular flexibility index (Phi) is 8.31. The first-order chi connectivity index (χ1) is 14.1. The zero-order chi connectivity index (χ0) is 22.2. The molecule has 0 spiro atoms. The highest BCUT2D eigenvalue weighted by Gasteiger charge is 2.28. The molecule has 2 rings (SSSR count). The molecule has 0 aliphatic heterocycles. The number of nitrogens with zero attached hydrogens (tertiary/aromatic N) is 1. The van der Waals surface area contributed by atoms with Gasteiger partial charge in [-0.25, -0.2) is 4.99 Å². The standard InChI is InChI=1S/C21H28F3N3O3/c1-4-25-19(27-13-20(3,28)18-9-8-15(2)30-18)26-11-16-6-5-7-17(10-16)12-29-14-21(22,23)24/h5-10,28H,4,11-14H2,1-3H3,(H2,25,26,27). The molecule has 30 heavy (non-hydrogen) atoms. The van der Waals surface area contributed by atoms with Crippen LogP contribution in [0.3, 0.4) is 0 Å². The van der Waals surface area contributed by atoms with Gasteiger partial charge in [0.05, 0.1) is 19.7 Å². The van der Waals surface area contributed by atoms with Crippen molar-refractivity contribution < 1.29 is 27.4 Å². The van der Waals surface area contributed by atoms with E-state index < -0.39 is 18.4 Å². The van der Waals surface area contributed by atoms with Crippen molar-refractivity contribution in [2.75, 3.05) is 19.7 Å². The summed E-state index contributed by atoms with van der Waals surface area (Å²) in [4.78, 5) is 4.48. The molecule has 0 aliphatic rings. The number of halogens is 3. The van der Waals surface area contributed by atoms with Gasteiger partial charge < -0.3 is 24.9 Å². The maximum atomic E-state index is 12.2. The number of aliphatic hydroxyl groups is 1. The van der Waals surface area contributed by atoms with E-state index in [4.69, 9.17) is 9.15 Å². The Morgan fingerprint density at radius 2 is 1.90 bits per heavy atom. The van der Waals surface area contributed by atoms with Crippen LogP contribution in [-0.4, -0.2) is 36.9 Å². The smallest absolute Gasteiger partial charge is 0.411 e. The van der Waals surface area contributed by atoms with Crippen molar-refractivity contribution >= 4 is 5.96 Å². The monoisotopic (exact) mass is 427 g/mol. The molecule has 9 heteroatoms. The molecule has 1 aromatic carbocycles. The first-order valence-corrected chi connectivity index (χ1v) is 9.63. The molecule has 0 saturated carbocycles. The SMILES string of the molecule is CCNC(=NCc1cccc(COCC(F)(F)F)c1)NCC(C)(O)c1ccc(C)o1. The molecule has 0 aliphatic carbocycles. The van der Waals surface area contributed by atoms with E-state index in [9.17, 15) is 18.3 Å². The predicted molar refractivity (Wildman–Crippen MR) is 108 cm³/mol. The maximum absolute atomic E-state index is 12.2. The summed E-state index contributed by atoms with van der Waals surface area (Å²) in [6.45, 7) is 5.08. The quantitative estimate of drug-likeness (QED) is 0.421. The molecule has 1 unspecified atom stereocenters. The summed E-state index contributed by atoms with van der Waals surface area (Å²) in [5.74, 6) is 1.67. The van der Waals surface area contributed by atoms with Crippen LogP contribution >= 0.6 is 0 Å². The summed E-state index contributed by atoms with van der Waals surface area (Å²) in [5.41, 5.74) is 0.245. The number of aryl methyl sites for hydroxylation is 1. The number of guanidine groups is 1. The van der Waals surface area contributed by atoms with Crippen molar-refractivity contribution in [3.8, 4) is 0 Å². The van der Waals surface area contributed by atoms with E-state index in [1.165, 1.54) is 0 Å². The van der Waals surface area contributed by atoms with Crippen molar-refractivity contribution in [1.82, 2.24) is 10.6 Å². The Labute approximate surface area is 174 Å². The molecule has 2 aromatic rings. The summed E-state index contributed by atoms with van der Waals surface area (Å²) in [6.07, 6.45) is -4.34. The Morgan fingerprint density at radius 3 is 2.53 bits per heavy atom. The fourth-order valence-electron chi connectivity index (χ4n) is 2.68. The van der Waals surface area contributed by atoms with E-state index in [2.05, 4.69) is 15.6 Å². The number of alkyl halides is 3. The second-order valence-corrected chi connectivity index (χ2v) is 7.16. The molecular weight excluding hydrogens is 399 g/mol. The topological polar surface area (TPSA) is 79.0 Å². The minimum atomic E-state index is -4.34. The highest BCUT2D eigenvalue weighted by atomic mass is 19.4. The van der Waals surface area contributed by atoms with Crippen LogP contribution in [-0.2, 0) is 23.5 Å². The van der Waals surface area contributed by atoms with Crippen LogP contribution in [0.2, 0.25) is 0 Å². The largest absolute Gasteiger partial charge is 0.463 e. The number of nitrogens with one attached hydrogen (secondary N) is 2. The van der Waals surface area contributed by atoms with Gasteiger partial charge in [-0.3, -0.25) is 0 Å². The first kappa shape index (κ1) is 23.8. The molecule has 0 bridgehead atoms. The molecule has 0 saturated heterocycles. The molecule has 6 nitrogen and oxygen atoms in total. The average molecular weight is 427 g/mol. The lowest BCUT2D eigenvalue weighted by Crippen LogP contribution is -2.44. The normalized spacial score (nSPS) is 14.4. The van der Waals surface area contributed by atoms with Crippen molar-refractivity contribution in [2.24, 2.45) is 4.99 Å². The van der Waals surface area contributed by atoms with Gasteiger partial charge in [0, 0.05) is 6.54 Å². The molecule has 1 atom stereocenters. The van der Waals surface area contributed by atoms with E-state index in [1.807, 2.05) is 13.0 Å². The molecule has 1 heterocycles. The first-order valence-electron chi connectivity index (χ1n) is 9.63. The highest BCUT2D eigenvalue weighted by molar-refractivity contribution is 5.79. The zero-order valence-electron chi connectivity index (χ0n) is 17.3. The van der Waals surface area contributed by atoms with Crippen LogP contribution in [0.4, 0.5) is 13.2 Å². The van der Waals surface area contributed by atoms with Gasteiger partial charge in [-0.2, -0.15) is 13.2 Å². The number of ether oxygens (including phenoxy) is 1. The minimum absolute atomic E-state index is 0.124. The van der Waals surface area contributed by atoms with Crippen molar-refractivity contribution in [1.29, 1.82) is 0 Å². The number of hydrogen-bond acceptors (Lipinski definition) is 4. The third kappa shape index (κ3) is 8.08. The number of benzene rings is 1. The lowest BCUT2D eigenvalue weighted by molar-refractivity contribution is -0.176. The summed E-state index contributed by atoms with van der Waals surface area (Å²) >= 11 is 0. The number of rotatable bonds is 9. The van der Waals surface area contributed by atoms with Gasteiger partial charge >= 0.3 is 6.18 Å². The molecule has 3 N–H and O–H groups in total. The Balaban J connectivity index is 1.96. The lowest BCUT2D eigenvalue weighted by atomic mass is 10.0. The average Bonchev–Trinajstić information content (AvgIpc) is 3.11. The highest BCUT2D eigenvalue weighted by Crippen LogP contribution is 2.22. The van der Waals surface area contributed by atoms with E-state index in [1.54, 1.807) is 44.2 Å². The summed E-state index contributed by atoms with van der Waals surface area (Å²) in [7, 11) is 0. The van der Waals surface area contributed by atoms with Crippen LogP contribution in [0.25, 0.3) is 0 Å². The second-order valence-electron chi connectivity index (χ2n) is 7.16. The summed E-state index contributed by atoms with van der Waals surface area (Å²) in [6, 6.07) is 10.6. The summed E-state index contributed by atoms with van der Waals surface area (Å²) < 4.78 is 46.8. The van der Waals surface area contributed by atoms with Crippen LogP contribution < -0.4 is 10.6 Å². The fraction of sp³-hybridized carbons (Fsp3) is 0.476. The van der Waals surface area contributed by atoms with E-state index in [-0.39, 0.29) is 13.2 Å². The third-order valence-corrected chi connectivity index (χ3v) is 4.16. The van der Waals surface area contributed by atoms with E-state index in [0.717, 1.165) is 5.56 Å². The Morgan fingerprint density at radius 1 is 1.17 bits per heavy atom. The van der Waals surface area contributed by atoms with E-state index >= 15 is 0 Å². The van der Waals surface area contributed by atoms with Gasteiger partial charge in [0.15, 0.2) is 5.96 Å². The van der Waals surface area contributed by atoms with Crippen LogP contribution in [0.1, 0.15) is 36.5 Å². The summed E-state index contributed by atoms with van der Waals surface area (Å²) in [5, 5.41) is 16.8. The lowest BCUT2D eigenvalue weighted by Gasteiger charge is -2.22. The number of aliphatic imine (C=N–C) groups is 1. The number of furan rings is 1. The van der Waals surface area contributed by atoms with Crippen molar-refractivity contribution in [3.63, 3.8) is 0 Å². The van der Waals surface area contributed by atoms with Crippen molar-refractivity contribution in [2.45, 2.75) is 45.7 Å². The van der Waals surface area contributed by atoms with Gasteiger partial charge in [0.1, 0.15) is 23.7 Å². The van der Waals surface area contributed by atoms with Gasteiger partial charge in [-0.05, 0) is 44.0 Å². The molecule has 0 radical (unpaired) electrons. The van der Waals surface area contributed by atoms with Gasteiger partial charge in [-0.1, -0.05) is 24.3 Å². The second kappa shape index (κ2) is 10.5. The Hall–Kier alpha value is -2.52. The number of hydrogen-bond donors (Lipinski definition) is 3. The van der Waals surface area contributed by atoms with Gasteiger partial charge in [-0.15, -0.1) is 0 Å². The van der Waals surface area contributed by atoms with Crippen LogP contribution in [0.15, 0.2) is 45.8 Å². The van der Waals surface area contributed by atoms with Gasteiger partial charge in [0.25, 0.3) is 0 Å². The predicted octanol–water partition coefficient (Wildman–Crippen LogP) is 3.63. The molecule has 166 valence electrons. The van der Waals surface area contributed by atoms with Crippen LogP contribution in [0.5, 0.6) is 0 Å². The van der Waals surface area contributed by atoms with Crippen LogP contribution in [0, 0.1) is 6.92 Å². The zero-order valence-corrected chi connectivity index (χ0v) is 17.3. The molecule has 1 aromatic heterocycles. The van der Waals surface area contributed by atoms with Gasteiger partial charge in [0.2, 0.25) is 0 Å². The molecule has 0 fully saturated rings. The maximum Gasteiger partial charge on any atom is 0.411 e. The fourth-order valence-corrected chi connectivity index (χ4v) is 2.68.